The fourth-order valence-corrected chi connectivity index (χ4v) is 3.66. The van der Waals surface area contributed by atoms with Crippen molar-refractivity contribution in [3.63, 3.8) is 0 Å². The van der Waals surface area contributed by atoms with Crippen LogP contribution in [0.2, 0.25) is 0 Å². The molecule has 0 fully saturated rings. The number of guanidine groups is 1. The minimum atomic E-state index is -3.51. The second kappa shape index (κ2) is 10.1. The second-order valence-corrected chi connectivity index (χ2v) is 8.11. The fraction of sp³-hybridized carbons (Fsp3) is 0.421. The lowest BCUT2D eigenvalue weighted by Gasteiger charge is -2.13. The molecule has 154 valence electrons. The van der Waals surface area contributed by atoms with Crippen molar-refractivity contribution >= 4 is 16.0 Å². The number of aliphatic imine (C=N–C) groups is 1. The van der Waals surface area contributed by atoms with E-state index >= 15 is 0 Å². The molecule has 28 heavy (non-hydrogen) atoms. The van der Waals surface area contributed by atoms with Gasteiger partial charge >= 0.3 is 0 Å². The average molecular weight is 408 g/mol. The SMILES string of the molecule is CCNC(=NCc1ccc(C)cc1OC)NCCNS(=O)(=O)c1ccn(C)c1. The van der Waals surface area contributed by atoms with Crippen LogP contribution in [0.4, 0.5) is 0 Å². The van der Waals surface area contributed by atoms with Crippen molar-refractivity contribution in [2.75, 3.05) is 26.7 Å². The third-order valence-electron chi connectivity index (χ3n) is 4.02. The molecular formula is C19H29N5O3S. The third-order valence-corrected chi connectivity index (χ3v) is 5.47. The molecule has 0 aliphatic rings. The van der Waals surface area contributed by atoms with Crippen molar-refractivity contribution in [3.8, 4) is 5.75 Å². The van der Waals surface area contributed by atoms with Crippen molar-refractivity contribution in [2.45, 2.75) is 25.3 Å². The Kier molecular flexibility index (Phi) is 7.89. The second-order valence-electron chi connectivity index (χ2n) is 6.35. The van der Waals surface area contributed by atoms with Gasteiger partial charge in [-0.2, -0.15) is 0 Å². The zero-order valence-corrected chi connectivity index (χ0v) is 17.6. The molecule has 9 heteroatoms. The van der Waals surface area contributed by atoms with Gasteiger partial charge in [-0.25, -0.2) is 18.1 Å². The highest BCUT2D eigenvalue weighted by Crippen LogP contribution is 2.20. The van der Waals surface area contributed by atoms with E-state index in [0.717, 1.165) is 16.9 Å². The first-order valence-electron chi connectivity index (χ1n) is 9.13. The molecule has 1 heterocycles. The number of nitrogens with one attached hydrogen (secondary N) is 3. The Morgan fingerprint density at radius 3 is 2.64 bits per heavy atom. The summed E-state index contributed by atoms with van der Waals surface area (Å²) in [5.41, 5.74) is 2.11. The molecule has 0 amide bonds. The van der Waals surface area contributed by atoms with Crippen LogP contribution in [0, 0.1) is 6.92 Å². The van der Waals surface area contributed by atoms with Crippen LogP contribution in [0.3, 0.4) is 0 Å². The predicted octanol–water partition coefficient (Wildman–Crippen LogP) is 1.38. The number of aryl methyl sites for hydroxylation is 2. The van der Waals surface area contributed by atoms with Crippen molar-refractivity contribution in [3.05, 3.63) is 47.8 Å². The van der Waals surface area contributed by atoms with E-state index in [0.29, 0.717) is 25.6 Å². The molecular weight excluding hydrogens is 378 g/mol. The summed E-state index contributed by atoms with van der Waals surface area (Å²) in [5, 5.41) is 6.29. The number of ether oxygens (including phenoxy) is 1. The van der Waals surface area contributed by atoms with Gasteiger partial charge in [0, 0.05) is 44.6 Å². The van der Waals surface area contributed by atoms with Crippen molar-refractivity contribution in [2.24, 2.45) is 12.0 Å². The summed E-state index contributed by atoms with van der Waals surface area (Å²) in [6.45, 7) is 5.79. The number of nitrogens with zero attached hydrogens (tertiary/aromatic N) is 2. The van der Waals surface area contributed by atoms with Gasteiger partial charge in [0.05, 0.1) is 18.6 Å². The third kappa shape index (κ3) is 6.28. The molecule has 3 N–H and O–H groups in total. The number of hydrogen-bond donors (Lipinski definition) is 3. The first-order chi connectivity index (χ1) is 13.4. The zero-order valence-electron chi connectivity index (χ0n) is 16.8. The van der Waals surface area contributed by atoms with E-state index in [2.05, 4.69) is 20.3 Å². The lowest BCUT2D eigenvalue weighted by Crippen LogP contribution is -2.41. The molecule has 0 aliphatic heterocycles. The van der Waals surface area contributed by atoms with E-state index < -0.39 is 10.0 Å². The van der Waals surface area contributed by atoms with Crippen LogP contribution >= 0.6 is 0 Å². The molecule has 0 bridgehead atoms. The van der Waals surface area contributed by atoms with Gasteiger partial charge in [0.2, 0.25) is 10.0 Å². The van der Waals surface area contributed by atoms with Crippen LogP contribution < -0.4 is 20.1 Å². The zero-order chi connectivity index (χ0) is 20.6. The minimum absolute atomic E-state index is 0.246. The van der Waals surface area contributed by atoms with Gasteiger partial charge in [0.1, 0.15) is 5.75 Å². The smallest absolute Gasteiger partial charge is 0.242 e. The highest BCUT2D eigenvalue weighted by atomic mass is 32.2. The average Bonchev–Trinajstić information content (AvgIpc) is 3.11. The standard InChI is InChI=1S/C19H29N5O3S/c1-5-20-19(22-13-16-7-6-15(2)12-18(16)27-4)21-9-10-23-28(25,26)17-8-11-24(3)14-17/h6-8,11-12,14,23H,5,9-10,13H2,1-4H3,(H2,20,21,22). The van der Waals surface area contributed by atoms with Crippen molar-refractivity contribution in [1.82, 2.24) is 19.9 Å². The van der Waals surface area contributed by atoms with E-state index in [1.54, 1.807) is 37.2 Å². The largest absolute Gasteiger partial charge is 0.496 e. The Labute approximate surface area is 167 Å². The molecule has 0 radical (unpaired) electrons. The van der Waals surface area contributed by atoms with Crippen LogP contribution in [-0.2, 0) is 23.6 Å². The Morgan fingerprint density at radius 1 is 1.21 bits per heavy atom. The summed E-state index contributed by atoms with van der Waals surface area (Å²) in [4.78, 5) is 4.80. The van der Waals surface area contributed by atoms with E-state index in [-0.39, 0.29) is 11.4 Å². The molecule has 0 spiro atoms. The summed E-state index contributed by atoms with van der Waals surface area (Å²) in [7, 11) is -0.0820. The Hall–Kier alpha value is -2.52. The molecule has 0 unspecified atom stereocenters. The maximum Gasteiger partial charge on any atom is 0.242 e. The van der Waals surface area contributed by atoms with Gasteiger partial charge in [-0.1, -0.05) is 12.1 Å². The Balaban J connectivity index is 1.91. The number of aromatic nitrogens is 1. The first kappa shape index (κ1) is 21.8. The van der Waals surface area contributed by atoms with Gasteiger partial charge in [0.15, 0.2) is 5.96 Å². The van der Waals surface area contributed by atoms with Crippen LogP contribution in [0.15, 0.2) is 46.5 Å². The molecule has 0 saturated carbocycles. The number of methoxy groups -OCH3 is 1. The highest BCUT2D eigenvalue weighted by molar-refractivity contribution is 7.89. The Bertz CT molecular complexity index is 906. The number of hydrogen-bond acceptors (Lipinski definition) is 4. The fourth-order valence-electron chi connectivity index (χ4n) is 2.57. The lowest BCUT2D eigenvalue weighted by molar-refractivity contribution is 0.409. The van der Waals surface area contributed by atoms with E-state index in [9.17, 15) is 8.42 Å². The normalized spacial score (nSPS) is 12.1. The number of rotatable bonds is 9. The quantitative estimate of drug-likeness (QED) is 0.331. The first-order valence-corrected chi connectivity index (χ1v) is 10.6. The van der Waals surface area contributed by atoms with Crippen LogP contribution in [0.5, 0.6) is 5.75 Å². The maximum absolute atomic E-state index is 12.2. The molecule has 2 aromatic rings. The van der Waals surface area contributed by atoms with Crippen LogP contribution in [0.1, 0.15) is 18.1 Å². The number of benzene rings is 1. The lowest BCUT2D eigenvalue weighted by atomic mass is 10.1. The monoisotopic (exact) mass is 407 g/mol. The van der Waals surface area contributed by atoms with Gasteiger partial charge < -0.3 is 19.9 Å². The van der Waals surface area contributed by atoms with E-state index in [4.69, 9.17) is 4.74 Å². The Morgan fingerprint density at radius 2 is 2.00 bits per heavy atom. The van der Waals surface area contributed by atoms with E-state index in [1.807, 2.05) is 32.0 Å². The van der Waals surface area contributed by atoms with Gasteiger partial charge in [-0.3, -0.25) is 0 Å². The molecule has 0 aliphatic carbocycles. The molecule has 8 nitrogen and oxygen atoms in total. The molecule has 0 saturated heterocycles. The highest BCUT2D eigenvalue weighted by Gasteiger charge is 2.14. The summed E-state index contributed by atoms with van der Waals surface area (Å²) in [5.74, 6) is 1.42. The van der Waals surface area contributed by atoms with E-state index in [1.165, 1.54) is 0 Å². The topological polar surface area (TPSA) is 96.8 Å². The predicted molar refractivity (Wildman–Crippen MR) is 111 cm³/mol. The van der Waals surface area contributed by atoms with Gasteiger partial charge in [-0.05, 0) is 31.5 Å². The molecule has 0 atom stereocenters. The summed E-state index contributed by atoms with van der Waals surface area (Å²) in [6.07, 6.45) is 3.26. The molecule has 1 aromatic heterocycles. The summed E-state index contributed by atoms with van der Waals surface area (Å²) in [6, 6.07) is 7.56. The molecule has 2 rings (SSSR count). The summed E-state index contributed by atoms with van der Waals surface area (Å²) >= 11 is 0. The van der Waals surface area contributed by atoms with Gasteiger partial charge in [0.25, 0.3) is 0 Å². The maximum atomic E-state index is 12.2. The van der Waals surface area contributed by atoms with Gasteiger partial charge in [-0.15, -0.1) is 0 Å². The minimum Gasteiger partial charge on any atom is -0.496 e. The van der Waals surface area contributed by atoms with Crippen LogP contribution in [-0.4, -0.2) is 45.7 Å². The van der Waals surface area contributed by atoms with Crippen molar-refractivity contribution < 1.29 is 13.2 Å². The van der Waals surface area contributed by atoms with Crippen molar-refractivity contribution in [1.29, 1.82) is 0 Å². The number of sulfonamides is 1. The van der Waals surface area contributed by atoms with Crippen LogP contribution in [0.25, 0.3) is 0 Å². The molecule has 1 aromatic carbocycles. The summed E-state index contributed by atoms with van der Waals surface area (Å²) < 4.78 is 34.1.